The largest absolute Gasteiger partial charge is 0.409 e. The first-order valence-electron chi connectivity index (χ1n) is 15.6. The third-order valence-corrected chi connectivity index (χ3v) is 8.87. The lowest BCUT2D eigenvalue weighted by atomic mass is 9.85. The molecule has 41 heavy (non-hydrogen) atoms. The number of piperidine rings is 1. The minimum atomic E-state index is -0.148. The monoisotopic (exact) mass is 562 g/mol. The van der Waals surface area contributed by atoms with Crippen molar-refractivity contribution in [3.63, 3.8) is 0 Å². The van der Waals surface area contributed by atoms with Gasteiger partial charge in [0.25, 0.3) is 0 Å². The van der Waals surface area contributed by atoms with Gasteiger partial charge in [0.2, 0.25) is 11.7 Å². The van der Waals surface area contributed by atoms with E-state index in [1.165, 1.54) is 76.2 Å². The van der Waals surface area contributed by atoms with Gasteiger partial charge in [-0.3, -0.25) is 4.90 Å². The zero-order valence-corrected chi connectivity index (χ0v) is 25.1. The van der Waals surface area contributed by atoms with Crippen molar-refractivity contribution in [3.05, 3.63) is 41.7 Å². The maximum Gasteiger partial charge on any atom is 0.208 e. The van der Waals surface area contributed by atoms with E-state index < -0.39 is 0 Å². The lowest BCUT2D eigenvalue weighted by Crippen LogP contribution is -2.46. The van der Waals surface area contributed by atoms with Gasteiger partial charge in [-0.25, -0.2) is 15.0 Å². The predicted molar refractivity (Wildman–Crippen MR) is 170 cm³/mol. The molecule has 1 aliphatic heterocycles. The average molecular weight is 563 g/mol. The van der Waals surface area contributed by atoms with Gasteiger partial charge in [0.1, 0.15) is 5.69 Å². The molecule has 0 spiro atoms. The van der Waals surface area contributed by atoms with Crippen LogP contribution in [0.3, 0.4) is 0 Å². The summed E-state index contributed by atoms with van der Waals surface area (Å²) in [5.74, 6) is 2.73. The summed E-state index contributed by atoms with van der Waals surface area (Å²) in [6.45, 7) is 8.69. The first-order chi connectivity index (χ1) is 20.0. The number of amidine groups is 1. The van der Waals surface area contributed by atoms with E-state index in [2.05, 4.69) is 79.2 Å². The van der Waals surface area contributed by atoms with E-state index in [1.807, 2.05) is 7.05 Å². The van der Waals surface area contributed by atoms with Crippen LogP contribution in [0.1, 0.15) is 88.9 Å². The van der Waals surface area contributed by atoms with Crippen LogP contribution in [-0.4, -0.2) is 65.5 Å². The van der Waals surface area contributed by atoms with E-state index in [9.17, 15) is 0 Å². The van der Waals surface area contributed by atoms with Crippen molar-refractivity contribution < 1.29 is 5.21 Å². The number of aliphatic imine (C=N–C) groups is 1. The van der Waals surface area contributed by atoms with Gasteiger partial charge in [0, 0.05) is 26.2 Å². The Bertz CT molecular complexity index is 1110. The molecule has 1 saturated heterocycles. The van der Waals surface area contributed by atoms with Crippen LogP contribution >= 0.6 is 0 Å². The average Bonchev–Trinajstić information content (AvgIpc) is 2.97. The highest BCUT2D eigenvalue weighted by Gasteiger charge is 2.27. The summed E-state index contributed by atoms with van der Waals surface area (Å²) in [6.07, 6.45) is 15.8. The molecule has 0 amide bonds. The van der Waals surface area contributed by atoms with Crippen LogP contribution in [0.4, 0.5) is 17.3 Å². The van der Waals surface area contributed by atoms with Crippen molar-refractivity contribution in [2.75, 3.05) is 37.0 Å². The van der Waals surface area contributed by atoms with Crippen molar-refractivity contribution in [1.82, 2.24) is 14.9 Å². The Morgan fingerprint density at radius 1 is 1.05 bits per heavy atom. The highest BCUT2D eigenvalue weighted by molar-refractivity contribution is 5.95. The molecule has 1 atom stereocenters. The van der Waals surface area contributed by atoms with Gasteiger partial charge in [0.15, 0.2) is 11.6 Å². The third-order valence-electron chi connectivity index (χ3n) is 8.87. The lowest BCUT2D eigenvalue weighted by Gasteiger charge is -2.39. The van der Waals surface area contributed by atoms with Gasteiger partial charge < -0.3 is 21.2 Å². The van der Waals surface area contributed by atoms with Crippen LogP contribution in [-0.2, 0) is 6.42 Å². The molecular formula is C32H50N8O. The maximum atomic E-state index is 9.15. The van der Waals surface area contributed by atoms with E-state index in [4.69, 9.17) is 10.9 Å². The van der Waals surface area contributed by atoms with Crippen LogP contribution in [0.5, 0.6) is 0 Å². The molecule has 2 aliphatic carbocycles. The van der Waals surface area contributed by atoms with Crippen LogP contribution in [0.15, 0.2) is 40.5 Å². The van der Waals surface area contributed by atoms with E-state index in [-0.39, 0.29) is 11.7 Å². The number of nitrogens with zero attached hydrogens (tertiary/aromatic N) is 6. The number of oxime groups is 1. The quantitative estimate of drug-likeness (QED) is 0.137. The Balaban J connectivity index is 0.000000483. The Kier molecular flexibility index (Phi) is 11.8. The molecule has 1 unspecified atom stereocenters. The fourth-order valence-corrected chi connectivity index (χ4v) is 6.14. The van der Waals surface area contributed by atoms with Crippen molar-refractivity contribution in [1.29, 1.82) is 0 Å². The summed E-state index contributed by atoms with van der Waals surface area (Å²) >= 11 is 0. The number of nitrogens with one attached hydrogen (secondary N) is 1. The number of benzene rings is 1. The number of rotatable bonds is 10. The SMILES string of the molecule is C=Nc1nc(/C(N)=N/O)nc(NCC2CCC2)c1N(C)CN1CCCCC1Cc1ccccc1.CC1CCCCC1. The summed E-state index contributed by atoms with van der Waals surface area (Å²) in [5.41, 5.74) is 7.96. The summed E-state index contributed by atoms with van der Waals surface area (Å²) < 4.78 is 0. The molecule has 2 heterocycles. The second kappa shape index (κ2) is 15.7. The highest BCUT2D eigenvalue weighted by atomic mass is 16.4. The van der Waals surface area contributed by atoms with Gasteiger partial charge in [0.05, 0.1) is 6.67 Å². The minimum Gasteiger partial charge on any atom is -0.409 e. The van der Waals surface area contributed by atoms with Crippen LogP contribution in [0, 0.1) is 11.8 Å². The Labute approximate surface area is 246 Å². The Morgan fingerprint density at radius 3 is 2.39 bits per heavy atom. The topological polar surface area (TPSA) is 115 Å². The lowest BCUT2D eigenvalue weighted by molar-refractivity contribution is 0.149. The second-order valence-electron chi connectivity index (χ2n) is 12.1. The molecule has 1 aromatic heterocycles. The van der Waals surface area contributed by atoms with E-state index in [1.54, 1.807) is 0 Å². The Morgan fingerprint density at radius 2 is 1.78 bits per heavy atom. The summed E-state index contributed by atoms with van der Waals surface area (Å²) in [7, 11) is 2.04. The first-order valence-corrected chi connectivity index (χ1v) is 15.6. The number of hydrogen-bond donors (Lipinski definition) is 3. The molecule has 9 nitrogen and oxygen atoms in total. The maximum absolute atomic E-state index is 9.15. The van der Waals surface area contributed by atoms with Crippen molar-refractivity contribution >= 4 is 29.9 Å². The second-order valence-corrected chi connectivity index (χ2v) is 12.1. The molecule has 224 valence electrons. The van der Waals surface area contributed by atoms with Gasteiger partial charge in [-0.2, -0.15) is 0 Å². The molecule has 4 N–H and O–H groups in total. The van der Waals surface area contributed by atoms with Crippen molar-refractivity contribution in [3.8, 4) is 0 Å². The van der Waals surface area contributed by atoms with Crippen molar-refractivity contribution in [2.45, 2.75) is 90.0 Å². The molecule has 2 saturated carbocycles. The number of nitrogens with two attached hydrogens (primary N) is 1. The number of aromatic nitrogens is 2. The highest BCUT2D eigenvalue weighted by Crippen LogP contribution is 2.35. The standard InChI is InChI=1S/C25H36N8O.C7H14/c1-27-23-21(24(28-16-19-11-8-12-19)30-25(29-23)22(26)31-34)32(2)17-33-14-7-6-13-20(33)15-18-9-4-3-5-10-18;1-7-5-3-2-4-6-7/h3-5,9-10,19-20,34H,1,6-8,11-17H2,2H3,(H2,26,31)(H,28,29,30);7H,2-6H2,1H3. The molecule has 3 fully saturated rings. The molecular weight excluding hydrogens is 512 g/mol. The smallest absolute Gasteiger partial charge is 0.208 e. The van der Waals surface area contributed by atoms with E-state index >= 15 is 0 Å². The van der Waals surface area contributed by atoms with Crippen LogP contribution in [0.25, 0.3) is 0 Å². The third kappa shape index (κ3) is 8.89. The van der Waals surface area contributed by atoms with Gasteiger partial charge in [-0.1, -0.05) is 87.4 Å². The molecule has 5 rings (SSSR count). The van der Waals surface area contributed by atoms with E-state index in [0.717, 1.165) is 37.8 Å². The van der Waals surface area contributed by atoms with Crippen LogP contribution < -0.4 is 16.0 Å². The number of likely N-dealkylation sites (tertiary alicyclic amines) is 1. The fraction of sp³-hybridized carbons (Fsp3) is 0.625. The molecule has 9 heteroatoms. The van der Waals surface area contributed by atoms with Crippen molar-refractivity contribution in [2.24, 2.45) is 27.7 Å². The summed E-state index contributed by atoms with van der Waals surface area (Å²) in [6, 6.07) is 11.2. The number of hydrogen-bond acceptors (Lipinski definition) is 8. The van der Waals surface area contributed by atoms with Gasteiger partial charge in [-0.15, -0.1) is 0 Å². The predicted octanol–water partition coefficient (Wildman–Crippen LogP) is 6.19. The zero-order valence-electron chi connectivity index (χ0n) is 25.1. The molecule has 0 radical (unpaired) electrons. The molecule has 1 aromatic carbocycles. The number of anilines is 2. The van der Waals surface area contributed by atoms with Gasteiger partial charge in [-0.05, 0) is 56.2 Å². The molecule has 0 bridgehead atoms. The first kappa shape index (κ1) is 30.8. The minimum absolute atomic E-state index is 0.137. The van der Waals surface area contributed by atoms with Crippen LogP contribution in [0.2, 0.25) is 0 Å². The summed E-state index contributed by atoms with van der Waals surface area (Å²) in [5, 5.41) is 15.7. The fourth-order valence-electron chi connectivity index (χ4n) is 6.14. The van der Waals surface area contributed by atoms with E-state index in [0.29, 0.717) is 23.6 Å². The zero-order chi connectivity index (χ0) is 29.0. The molecule has 2 aromatic rings. The summed E-state index contributed by atoms with van der Waals surface area (Å²) in [4.78, 5) is 17.9. The normalized spacial score (nSPS) is 20.4. The Hall–Kier alpha value is -3.20. The van der Waals surface area contributed by atoms with Gasteiger partial charge >= 0.3 is 0 Å². The molecule has 3 aliphatic rings.